The van der Waals surface area contributed by atoms with E-state index in [1.54, 1.807) is 12.1 Å². The van der Waals surface area contributed by atoms with Crippen LogP contribution >= 0.6 is 0 Å². The first-order chi connectivity index (χ1) is 14.7. The van der Waals surface area contributed by atoms with Gasteiger partial charge in [0.1, 0.15) is 0 Å². The first kappa shape index (κ1) is 21.4. The number of aryl methyl sites for hydroxylation is 2. The number of carbonyl (C=O) groups is 1. The molecule has 0 radical (unpaired) electrons. The SMILES string of the molecule is CC1(C)CCC(C)(C)c2cc(Cn3cccn3)c(CCc3ccc(C(=O)O)cc3)cc21. The molecule has 1 aliphatic carbocycles. The van der Waals surface area contributed by atoms with Crippen LogP contribution in [-0.4, -0.2) is 20.9 Å². The number of fused-ring (bicyclic) bond motifs is 1. The molecule has 1 heterocycles. The summed E-state index contributed by atoms with van der Waals surface area (Å²) in [7, 11) is 0. The Bertz CT molecular complexity index is 1080. The summed E-state index contributed by atoms with van der Waals surface area (Å²) in [5.41, 5.74) is 7.48. The summed E-state index contributed by atoms with van der Waals surface area (Å²) in [6.07, 6.45) is 8.05. The van der Waals surface area contributed by atoms with Crippen LogP contribution in [0.1, 0.15) is 78.7 Å². The molecule has 0 saturated heterocycles. The zero-order valence-electron chi connectivity index (χ0n) is 19.0. The lowest BCUT2D eigenvalue weighted by Crippen LogP contribution is -2.34. The Kier molecular flexibility index (Phi) is 5.50. The van der Waals surface area contributed by atoms with E-state index in [9.17, 15) is 4.79 Å². The van der Waals surface area contributed by atoms with E-state index in [-0.39, 0.29) is 10.8 Å². The molecule has 4 nitrogen and oxygen atoms in total. The molecule has 1 aromatic heterocycles. The van der Waals surface area contributed by atoms with Gasteiger partial charge in [-0.15, -0.1) is 0 Å². The van der Waals surface area contributed by atoms with Crippen molar-refractivity contribution >= 4 is 5.97 Å². The van der Waals surface area contributed by atoms with Crippen LogP contribution in [0, 0.1) is 0 Å². The first-order valence-electron chi connectivity index (χ1n) is 11.1. The molecule has 0 atom stereocenters. The van der Waals surface area contributed by atoms with Crippen LogP contribution in [0.5, 0.6) is 0 Å². The minimum absolute atomic E-state index is 0.174. The van der Waals surface area contributed by atoms with E-state index in [1.165, 1.54) is 35.1 Å². The maximum atomic E-state index is 11.1. The molecule has 1 N–H and O–H groups in total. The van der Waals surface area contributed by atoms with Crippen LogP contribution in [0.15, 0.2) is 54.9 Å². The van der Waals surface area contributed by atoms with Gasteiger partial charge in [-0.1, -0.05) is 52.0 Å². The second-order valence-corrected chi connectivity index (χ2v) is 10.1. The summed E-state index contributed by atoms with van der Waals surface area (Å²) in [5, 5.41) is 13.6. The summed E-state index contributed by atoms with van der Waals surface area (Å²) in [6, 6.07) is 14.1. The van der Waals surface area contributed by atoms with E-state index in [2.05, 4.69) is 44.9 Å². The van der Waals surface area contributed by atoms with Gasteiger partial charge in [0.05, 0.1) is 12.1 Å². The molecule has 3 aromatic rings. The summed E-state index contributed by atoms with van der Waals surface area (Å²) in [5.74, 6) is -0.882. The highest BCUT2D eigenvalue weighted by Crippen LogP contribution is 2.46. The summed E-state index contributed by atoms with van der Waals surface area (Å²) in [6.45, 7) is 10.2. The van der Waals surface area contributed by atoms with Crippen molar-refractivity contribution in [2.75, 3.05) is 0 Å². The highest BCUT2D eigenvalue weighted by molar-refractivity contribution is 5.87. The Morgan fingerprint density at radius 3 is 2.13 bits per heavy atom. The average molecular weight is 417 g/mol. The van der Waals surface area contributed by atoms with Gasteiger partial charge in [-0.2, -0.15) is 5.10 Å². The van der Waals surface area contributed by atoms with Crippen molar-refractivity contribution < 1.29 is 9.90 Å². The summed E-state index contributed by atoms with van der Waals surface area (Å²) >= 11 is 0. The van der Waals surface area contributed by atoms with Gasteiger partial charge in [0.15, 0.2) is 0 Å². The smallest absolute Gasteiger partial charge is 0.335 e. The molecule has 0 unspecified atom stereocenters. The summed E-state index contributed by atoms with van der Waals surface area (Å²) in [4.78, 5) is 11.1. The third kappa shape index (κ3) is 4.43. The fraction of sp³-hybridized carbons (Fsp3) is 0.407. The summed E-state index contributed by atoms with van der Waals surface area (Å²) < 4.78 is 1.99. The lowest BCUT2D eigenvalue weighted by Gasteiger charge is -2.42. The van der Waals surface area contributed by atoms with Crippen molar-refractivity contribution in [1.29, 1.82) is 0 Å². The van der Waals surface area contributed by atoms with Gasteiger partial charge in [-0.3, -0.25) is 4.68 Å². The van der Waals surface area contributed by atoms with Gasteiger partial charge in [0.25, 0.3) is 0 Å². The molecule has 4 rings (SSSR count). The van der Waals surface area contributed by atoms with Gasteiger partial charge in [0, 0.05) is 12.4 Å². The molecule has 162 valence electrons. The number of hydrogen-bond donors (Lipinski definition) is 1. The number of rotatable bonds is 6. The number of aromatic carboxylic acids is 1. The molecule has 1 aliphatic rings. The first-order valence-corrected chi connectivity index (χ1v) is 11.1. The van der Waals surface area contributed by atoms with Crippen molar-refractivity contribution in [2.24, 2.45) is 0 Å². The van der Waals surface area contributed by atoms with Crippen LogP contribution in [0.3, 0.4) is 0 Å². The van der Waals surface area contributed by atoms with Crippen LogP contribution in [-0.2, 0) is 30.2 Å². The van der Waals surface area contributed by atoms with Crippen molar-refractivity contribution in [1.82, 2.24) is 9.78 Å². The Balaban J connectivity index is 1.70. The van der Waals surface area contributed by atoms with Gasteiger partial charge < -0.3 is 5.11 Å². The lowest BCUT2D eigenvalue weighted by atomic mass is 9.62. The second-order valence-electron chi connectivity index (χ2n) is 10.1. The van der Waals surface area contributed by atoms with E-state index < -0.39 is 5.97 Å². The second kappa shape index (κ2) is 7.99. The molecule has 31 heavy (non-hydrogen) atoms. The van der Waals surface area contributed by atoms with E-state index in [4.69, 9.17) is 5.11 Å². The van der Waals surface area contributed by atoms with Crippen LogP contribution in [0.25, 0.3) is 0 Å². The topological polar surface area (TPSA) is 55.1 Å². The number of benzene rings is 2. The Labute approximate surface area is 184 Å². The molecular formula is C27H32N2O2. The highest BCUT2D eigenvalue weighted by atomic mass is 16.4. The molecule has 0 bridgehead atoms. The van der Waals surface area contributed by atoms with Crippen molar-refractivity contribution in [2.45, 2.75) is 70.8 Å². The molecule has 0 amide bonds. The van der Waals surface area contributed by atoms with E-state index >= 15 is 0 Å². The van der Waals surface area contributed by atoms with Crippen molar-refractivity contribution in [3.05, 3.63) is 88.2 Å². The van der Waals surface area contributed by atoms with E-state index in [1.807, 2.05) is 35.3 Å². The monoisotopic (exact) mass is 416 g/mol. The van der Waals surface area contributed by atoms with Crippen molar-refractivity contribution in [3.8, 4) is 0 Å². The minimum Gasteiger partial charge on any atom is -0.478 e. The van der Waals surface area contributed by atoms with Gasteiger partial charge in [-0.25, -0.2) is 4.79 Å². The zero-order valence-corrected chi connectivity index (χ0v) is 19.0. The van der Waals surface area contributed by atoms with Crippen LogP contribution < -0.4 is 0 Å². The standard InChI is InChI=1S/C27H32N2O2/c1-26(2)12-13-27(3,4)24-17-22(18-29-15-5-14-28-29)21(16-23(24)26)11-8-19-6-9-20(10-7-19)25(30)31/h5-7,9-10,14-17H,8,11-13,18H2,1-4H3,(H,30,31). The number of carboxylic acid groups (broad SMARTS) is 1. The van der Waals surface area contributed by atoms with Crippen LogP contribution in [0.2, 0.25) is 0 Å². The molecule has 0 saturated carbocycles. The predicted octanol–water partition coefficient (Wildman–Crippen LogP) is 5.76. The fourth-order valence-corrected chi connectivity index (χ4v) is 4.74. The molecule has 4 heteroatoms. The Morgan fingerprint density at radius 1 is 0.968 bits per heavy atom. The van der Waals surface area contributed by atoms with Crippen LogP contribution in [0.4, 0.5) is 0 Å². The largest absolute Gasteiger partial charge is 0.478 e. The minimum atomic E-state index is -0.882. The van der Waals surface area contributed by atoms with Gasteiger partial charge in [0.2, 0.25) is 0 Å². The quantitative estimate of drug-likeness (QED) is 0.555. The Hall–Kier alpha value is -2.88. The predicted molar refractivity (Wildman–Crippen MR) is 124 cm³/mol. The normalized spacial score (nSPS) is 16.6. The number of hydrogen-bond acceptors (Lipinski definition) is 2. The van der Waals surface area contributed by atoms with Gasteiger partial charge >= 0.3 is 5.97 Å². The number of nitrogens with zero attached hydrogens (tertiary/aromatic N) is 2. The lowest BCUT2D eigenvalue weighted by molar-refractivity contribution is 0.0697. The molecule has 0 spiro atoms. The average Bonchev–Trinajstić information content (AvgIpc) is 3.23. The third-order valence-corrected chi connectivity index (χ3v) is 6.95. The van der Waals surface area contributed by atoms with E-state index in [0.717, 1.165) is 24.9 Å². The third-order valence-electron chi connectivity index (χ3n) is 6.95. The zero-order chi connectivity index (χ0) is 22.2. The van der Waals surface area contributed by atoms with Gasteiger partial charge in [-0.05, 0) is 82.5 Å². The number of carboxylic acids is 1. The maximum absolute atomic E-state index is 11.1. The van der Waals surface area contributed by atoms with Crippen molar-refractivity contribution in [3.63, 3.8) is 0 Å². The highest BCUT2D eigenvalue weighted by Gasteiger charge is 2.37. The number of aromatic nitrogens is 2. The molecule has 2 aromatic carbocycles. The molecule has 0 fully saturated rings. The Morgan fingerprint density at radius 2 is 1.58 bits per heavy atom. The van der Waals surface area contributed by atoms with E-state index in [0.29, 0.717) is 5.56 Å². The molecule has 0 aliphatic heterocycles. The molecular weight excluding hydrogens is 384 g/mol. The fourth-order valence-electron chi connectivity index (χ4n) is 4.74. The maximum Gasteiger partial charge on any atom is 0.335 e.